The largest absolute Gasteiger partial charge is 0.293 e. The number of rotatable bonds is 4. The third-order valence-corrected chi connectivity index (χ3v) is 2.77. The van der Waals surface area contributed by atoms with E-state index in [1.807, 2.05) is 13.0 Å². The van der Waals surface area contributed by atoms with Gasteiger partial charge in [0.25, 0.3) is 0 Å². The molecule has 0 aliphatic carbocycles. The minimum Gasteiger partial charge on any atom is -0.293 e. The third kappa shape index (κ3) is 2.60. The molecule has 14 heavy (non-hydrogen) atoms. The zero-order valence-corrected chi connectivity index (χ0v) is 8.81. The van der Waals surface area contributed by atoms with Crippen molar-refractivity contribution in [1.82, 2.24) is 0 Å². The molecule has 3 nitrogen and oxygen atoms in total. The predicted octanol–water partition coefficient (Wildman–Crippen LogP) is 1.79. The van der Waals surface area contributed by atoms with Crippen LogP contribution in [0.3, 0.4) is 0 Å². The highest BCUT2D eigenvalue weighted by atomic mass is 32.1. The van der Waals surface area contributed by atoms with Crippen LogP contribution < -0.4 is 0 Å². The number of ketones is 3. The van der Waals surface area contributed by atoms with Crippen molar-refractivity contribution in [2.24, 2.45) is 0 Å². The maximum absolute atomic E-state index is 11.4. The van der Waals surface area contributed by atoms with Crippen LogP contribution in [-0.2, 0) is 9.59 Å². The van der Waals surface area contributed by atoms with Crippen LogP contribution in [0.2, 0.25) is 0 Å². The fraction of sp³-hybridized carbons (Fsp3) is 0.300. The Morgan fingerprint density at radius 2 is 1.93 bits per heavy atom. The van der Waals surface area contributed by atoms with Gasteiger partial charge in [0.2, 0.25) is 5.78 Å². The average Bonchev–Trinajstić information content (AvgIpc) is 2.51. The number of Topliss-reactive ketones (excluding diaryl/α,β-unsaturated/α-hetero) is 3. The van der Waals surface area contributed by atoms with Gasteiger partial charge in [-0.25, -0.2) is 0 Å². The zero-order valence-electron chi connectivity index (χ0n) is 7.99. The van der Waals surface area contributed by atoms with Gasteiger partial charge in [0.1, 0.15) is 0 Å². The molecule has 0 fully saturated rings. The maximum Gasteiger partial charge on any atom is 0.205 e. The molecule has 4 heteroatoms. The van der Waals surface area contributed by atoms with E-state index in [1.165, 1.54) is 18.3 Å². The first kappa shape index (κ1) is 10.8. The summed E-state index contributed by atoms with van der Waals surface area (Å²) in [5.74, 6) is -1.46. The Kier molecular flexibility index (Phi) is 3.30. The molecule has 0 amide bonds. The molecule has 0 saturated heterocycles. The SMILES string of the molecule is CC(=O)C(=O)CC(=O)c1ccc(C)s1. The second-order valence-corrected chi connectivity index (χ2v) is 4.28. The predicted molar refractivity (Wildman–Crippen MR) is 53.7 cm³/mol. The van der Waals surface area contributed by atoms with Crippen LogP contribution in [-0.4, -0.2) is 17.3 Å². The molecule has 0 saturated carbocycles. The molecule has 0 aliphatic heterocycles. The van der Waals surface area contributed by atoms with Crippen LogP contribution in [0.4, 0.5) is 0 Å². The summed E-state index contributed by atoms with van der Waals surface area (Å²) in [7, 11) is 0. The number of thiophene rings is 1. The lowest BCUT2D eigenvalue weighted by molar-refractivity contribution is -0.134. The lowest BCUT2D eigenvalue weighted by atomic mass is 10.1. The van der Waals surface area contributed by atoms with Crippen molar-refractivity contribution in [2.45, 2.75) is 20.3 Å². The van der Waals surface area contributed by atoms with Gasteiger partial charge in [0.15, 0.2) is 11.6 Å². The summed E-state index contributed by atoms with van der Waals surface area (Å²) in [6.45, 7) is 3.06. The van der Waals surface area contributed by atoms with Crippen molar-refractivity contribution in [2.75, 3.05) is 0 Å². The van der Waals surface area contributed by atoms with Crippen molar-refractivity contribution in [1.29, 1.82) is 0 Å². The molecule has 0 atom stereocenters. The molecule has 1 aromatic heterocycles. The minimum absolute atomic E-state index is 0.275. The van der Waals surface area contributed by atoms with Crippen molar-refractivity contribution < 1.29 is 14.4 Å². The zero-order chi connectivity index (χ0) is 10.7. The van der Waals surface area contributed by atoms with Gasteiger partial charge in [0, 0.05) is 11.8 Å². The lowest BCUT2D eigenvalue weighted by Crippen LogP contribution is -2.14. The quantitative estimate of drug-likeness (QED) is 0.432. The Bertz CT molecular complexity index is 390. The first-order valence-corrected chi connectivity index (χ1v) is 4.95. The number of carbonyl (C=O) groups excluding carboxylic acids is 3. The van der Waals surface area contributed by atoms with E-state index >= 15 is 0 Å². The second-order valence-electron chi connectivity index (χ2n) is 2.99. The van der Waals surface area contributed by atoms with Crippen molar-refractivity contribution in [3.63, 3.8) is 0 Å². The van der Waals surface area contributed by atoms with Crippen molar-refractivity contribution >= 4 is 28.7 Å². The molecule has 0 radical (unpaired) electrons. The summed E-state index contributed by atoms with van der Waals surface area (Å²) < 4.78 is 0. The van der Waals surface area contributed by atoms with E-state index in [4.69, 9.17) is 0 Å². The summed E-state index contributed by atoms with van der Waals surface area (Å²) in [6.07, 6.45) is -0.310. The molecule has 0 spiro atoms. The van der Waals surface area contributed by atoms with Gasteiger partial charge in [-0.1, -0.05) is 0 Å². The van der Waals surface area contributed by atoms with E-state index < -0.39 is 11.6 Å². The Labute approximate surface area is 85.7 Å². The Hall–Kier alpha value is -1.29. The van der Waals surface area contributed by atoms with Crippen LogP contribution >= 0.6 is 11.3 Å². The topological polar surface area (TPSA) is 51.2 Å². The van der Waals surface area contributed by atoms with E-state index in [9.17, 15) is 14.4 Å². The fourth-order valence-corrected chi connectivity index (χ4v) is 1.75. The molecule has 1 heterocycles. The van der Waals surface area contributed by atoms with Crippen LogP contribution in [0.25, 0.3) is 0 Å². The van der Waals surface area contributed by atoms with Gasteiger partial charge >= 0.3 is 0 Å². The molecule has 74 valence electrons. The van der Waals surface area contributed by atoms with Gasteiger partial charge in [-0.05, 0) is 19.1 Å². The Balaban J connectivity index is 2.68. The monoisotopic (exact) mass is 210 g/mol. The maximum atomic E-state index is 11.4. The number of carbonyl (C=O) groups is 3. The van der Waals surface area contributed by atoms with Crippen LogP contribution in [0, 0.1) is 6.92 Å². The Morgan fingerprint density at radius 3 is 2.36 bits per heavy atom. The normalized spacial score (nSPS) is 9.86. The highest BCUT2D eigenvalue weighted by Crippen LogP contribution is 2.16. The smallest absolute Gasteiger partial charge is 0.205 e. The van der Waals surface area contributed by atoms with E-state index in [-0.39, 0.29) is 12.2 Å². The first-order valence-electron chi connectivity index (χ1n) is 4.14. The summed E-state index contributed by atoms with van der Waals surface area (Å²) in [5, 5.41) is 0. The Morgan fingerprint density at radius 1 is 1.29 bits per heavy atom. The standard InChI is InChI=1S/C10H10O3S/c1-6-3-4-10(14-6)9(13)5-8(12)7(2)11/h3-4H,5H2,1-2H3. The van der Waals surface area contributed by atoms with Gasteiger partial charge in [0.05, 0.1) is 11.3 Å². The molecule has 0 unspecified atom stereocenters. The lowest BCUT2D eigenvalue weighted by Gasteiger charge is -1.93. The number of aryl methyl sites for hydroxylation is 1. The highest BCUT2D eigenvalue weighted by molar-refractivity contribution is 7.14. The molecule has 0 N–H and O–H groups in total. The van der Waals surface area contributed by atoms with Crippen molar-refractivity contribution in [3.8, 4) is 0 Å². The first-order chi connectivity index (χ1) is 6.50. The molecule has 1 aromatic rings. The molecule has 0 bridgehead atoms. The van der Waals surface area contributed by atoms with E-state index in [1.54, 1.807) is 6.07 Å². The van der Waals surface area contributed by atoms with E-state index in [2.05, 4.69) is 0 Å². The molecular weight excluding hydrogens is 200 g/mol. The van der Waals surface area contributed by atoms with Crippen LogP contribution in [0.15, 0.2) is 12.1 Å². The summed E-state index contributed by atoms with van der Waals surface area (Å²) in [4.78, 5) is 34.6. The number of hydrogen-bond donors (Lipinski definition) is 0. The molecule has 1 rings (SSSR count). The van der Waals surface area contributed by atoms with Crippen LogP contribution in [0.5, 0.6) is 0 Å². The minimum atomic E-state index is -0.624. The van der Waals surface area contributed by atoms with Gasteiger partial charge < -0.3 is 0 Å². The average molecular weight is 210 g/mol. The number of hydrogen-bond acceptors (Lipinski definition) is 4. The van der Waals surface area contributed by atoms with Gasteiger partial charge in [-0.3, -0.25) is 14.4 Å². The highest BCUT2D eigenvalue weighted by Gasteiger charge is 2.16. The summed E-state index contributed by atoms with van der Waals surface area (Å²) in [5.41, 5.74) is 0. The van der Waals surface area contributed by atoms with Gasteiger partial charge in [-0.2, -0.15) is 0 Å². The van der Waals surface area contributed by atoms with Crippen LogP contribution in [0.1, 0.15) is 27.9 Å². The van der Waals surface area contributed by atoms with E-state index in [0.717, 1.165) is 4.88 Å². The molecule has 0 aliphatic rings. The summed E-state index contributed by atoms with van der Waals surface area (Å²) in [6, 6.07) is 3.49. The second kappa shape index (κ2) is 4.28. The fourth-order valence-electron chi connectivity index (χ4n) is 0.942. The molecular formula is C10H10O3S. The molecule has 0 aromatic carbocycles. The summed E-state index contributed by atoms with van der Waals surface area (Å²) >= 11 is 1.34. The van der Waals surface area contributed by atoms with Gasteiger partial charge in [-0.15, -0.1) is 11.3 Å². The van der Waals surface area contributed by atoms with Crippen molar-refractivity contribution in [3.05, 3.63) is 21.9 Å². The third-order valence-electron chi connectivity index (χ3n) is 1.73. The van der Waals surface area contributed by atoms with E-state index in [0.29, 0.717) is 4.88 Å².